The first kappa shape index (κ1) is 16.4. The minimum Gasteiger partial charge on any atom is -0.458 e. The second-order valence-corrected chi connectivity index (χ2v) is 6.62. The van der Waals surface area contributed by atoms with Crippen LogP contribution in [0.2, 0.25) is 0 Å². The average molecular weight is 332 g/mol. The van der Waals surface area contributed by atoms with Crippen molar-refractivity contribution < 1.29 is 19.2 Å². The topological polar surface area (TPSA) is 98.5 Å². The lowest BCUT2D eigenvalue weighted by atomic mass is 9.75. The summed E-state index contributed by atoms with van der Waals surface area (Å²) in [6.45, 7) is 1.75. The molecule has 0 aromatic heterocycles. The number of carbonyl (C=O) groups is 2. The molecule has 128 valence electrons. The second-order valence-electron chi connectivity index (χ2n) is 6.62. The van der Waals surface area contributed by atoms with Crippen LogP contribution in [0.15, 0.2) is 18.2 Å². The van der Waals surface area contributed by atoms with E-state index in [2.05, 4.69) is 5.32 Å². The Balaban J connectivity index is 1.84. The van der Waals surface area contributed by atoms with Crippen molar-refractivity contribution in [2.75, 3.05) is 5.32 Å². The molecule has 2 aliphatic rings. The number of hydrogen-bond donors (Lipinski definition) is 1. The number of carbonyl (C=O) groups excluding carboxylic acids is 2. The van der Waals surface area contributed by atoms with Crippen LogP contribution in [0.5, 0.6) is 0 Å². The van der Waals surface area contributed by atoms with Gasteiger partial charge in [-0.25, -0.2) is 0 Å². The number of rotatable bonds is 3. The summed E-state index contributed by atoms with van der Waals surface area (Å²) in [5.41, 5.74) is 0.00818. The van der Waals surface area contributed by atoms with Gasteiger partial charge in [-0.05, 0) is 44.2 Å². The van der Waals surface area contributed by atoms with E-state index < -0.39 is 16.4 Å². The molecular weight excluding hydrogens is 312 g/mol. The smallest absolute Gasteiger partial charge is 0.307 e. The summed E-state index contributed by atoms with van der Waals surface area (Å²) in [7, 11) is 0. The number of benzene rings is 1. The molecule has 0 unspecified atom stereocenters. The van der Waals surface area contributed by atoms with Gasteiger partial charge in [0.05, 0.1) is 17.3 Å². The third kappa shape index (κ3) is 2.98. The maximum absolute atomic E-state index is 12.7. The van der Waals surface area contributed by atoms with Gasteiger partial charge < -0.3 is 10.1 Å². The molecule has 24 heavy (non-hydrogen) atoms. The molecule has 1 aromatic rings. The van der Waals surface area contributed by atoms with Gasteiger partial charge in [0.1, 0.15) is 11.3 Å². The van der Waals surface area contributed by atoms with E-state index in [4.69, 9.17) is 4.74 Å². The number of ether oxygens (including phenoxy) is 1. The van der Waals surface area contributed by atoms with Gasteiger partial charge in [0.25, 0.3) is 5.69 Å². The highest BCUT2D eigenvalue weighted by atomic mass is 16.6. The lowest BCUT2D eigenvalue weighted by Crippen LogP contribution is -2.43. The Kier molecular flexibility index (Phi) is 4.26. The first-order valence-corrected chi connectivity index (χ1v) is 8.19. The maximum Gasteiger partial charge on any atom is 0.307 e. The molecule has 1 N–H and O–H groups in total. The molecule has 1 spiro atoms. The van der Waals surface area contributed by atoms with Crippen LogP contribution in [0.25, 0.3) is 0 Å². The van der Waals surface area contributed by atoms with E-state index >= 15 is 0 Å². The fourth-order valence-corrected chi connectivity index (χ4v) is 3.74. The molecule has 1 aliphatic heterocycles. The van der Waals surface area contributed by atoms with Crippen molar-refractivity contribution in [2.24, 2.45) is 5.92 Å². The van der Waals surface area contributed by atoms with Crippen molar-refractivity contribution >= 4 is 23.3 Å². The van der Waals surface area contributed by atoms with E-state index in [1.165, 1.54) is 12.1 Å². The third-order valence-electron chi connectivity index (χ3n) is 4.95. The second kappa shape index (κ2) is 6.22. The Morgan fingerprint density at radius 3 is 2.71 bits per heavy atom. The number of nitro benzene ring substituents is 1. The lowest BCUT2D eigenvalue weighted by molar-refractivity contribution is -0.384. The van der Waals surface area contributed by atoms with Gasteiger partial charge >= 0.3 is 5.97 Å². The normalized spacial score (nSPS) is 22.2. The number of anilines is 1. The summed E-state index contributed by atoms with van der Waals surface area (Å²) in [5, 5.41) is 13.8. The molecule has 7 nitrogen and oxygen atoms in total. The lowest BCUT2D eigenvalue weighted by Gasteiger charge is -2.35. The van der Waals surface area contributed by atoms with Crippen molar-refractivity contribution in [3.05, 3.63) is 33.9 Å². The van der Waals surface area contributed by atoms with Crippen LogP contribution < -0.4 is 5.32 Å². The van der Waals surface area contributed by atoms with Crippen LogP contribution in [0.4, 0.5) is 11.4 Å². The van der Waals surface area contributed by atoms with E-state index in [0.29, 0.717) is 12.8 Å². The molecule has 1 saturated carbocycles. The zero-order valence-corrected chi connectivity index (χ0v) is 13.5. The largest absolute Gasteiger partial charge is 0.458 e. The summed E-state index contributed by atoms with van der Waals surface area (Å²) < 4.78 is 5.52. The molecule has 3 rings (SSSR count). The van der Waals surface area contributed by atoms with Crippen molar-refractivity contribution in [3.8, 4) is 0 Å². The van der Waals surface area contributed by atoms with Gasteiger partial charge in [-0.15, -0.1) is 0 Å². The monoisotopic (exact) mass is 332 g/mol. The van der Waals surface area contributed by atoms with Crippen LogP contribution in [-0.4, -0.2) is 22.4 Å². The molecule has 1 atom stereocenters. The minimum atomic E-state index is -0.737. The molecule has 1 saturated heterocycles. The molecule has 0 bridgehead atoms. The van der Waals surface area contributed by atoms with Crippen molar-refractivity contribution in [3.63, 3.8) is 0 Å². The highest BCUT2D eigenvalue weighted by molar-refractivity contribution is 5.98. The van der Waals surface area contributed by atoms with Crippen LogP contribution >= 0.6 is 0 Å². The molecule has 2 fully saturated rings. The van der Waals surface area contributed by atoms with Crippen LogP contribution in [0.3, 0.4) is 0 Å². The van der Waals surface area contributed by atoms with Gasteiger partial charge in [0, 0.05) is 6.07 Å². The highest BCUT2D eigenvalue weighted by Gasteiger charge is 2.53. The van der Waals surface area contributed by atoms with Crippen LogP contribution in [-0.2, 0) is 14.3 Å². The Morgan fingerprint density at radius 1 is 1.33 bits per heavy atom. The number of esters is 1. The number of hydrogen-bond acceptors (Lipinski definition) is 5. The van der Waals surface area contributed by atoms with Gasteiger partial charge in [0.2, 0.25) is 5.91 Å². The zero-order valence-electron chi connectivity index (χ0n) is 13.5. The first-order valence-electron chi connectivity index (χ1n) is 8.19. The third-order valence-corrected chi connectivity index (χ3v) is 4.95. The van der Waals surface area contributed by atoms with E-state index in [1.807, 2.05) is 0 Å². The standard InChI is InChI=1S/C17H20N2O5/c1-11-5-6-13(14(9-11)19(22)23)18-16(21)12-10-15(20)24-17(12)7-3-2-4-8-17/h5-6,9,12H,2-4,7-8,10H2,1H3,(H,18,21)/t12-/m0/s1. The molecule has 1 amide bonds. The first-order chi connectivity index (χ1) is 11.4. The fourth-order valence-electron chi connectivity index (χ4n) is 3.74. The van der Waals surface area contributed by atoms with E-state index in [0.717, 1.165) is 24.8 Å². The molecule has 7 heteroatoms. The van der Waals surface area contributed by atoms with Crippen LogP contribution in [0.1, 0.15) is 44.1 Å². The Morgan fingerprint density at radius 2 is 2.04 bits per heavy atom. The molecular formula is C17H20N2O5. The SMILES string of the molecule is Cc1ccc(NC(=O)[C@@H]2CC(=O)OC23CCCCC3)c([N+](=O)[O-])c1. The van der Waals surface area contributed by atoms with Crippen molar-refractivity contribution in [2.45, 2.75) is 51.0 Å². The van der Waals surface area contributed by atoms with Crippen LogP contribution in [0, 0.1) is 23.0 Å². The molecule has 1 aliphatic carbocycles. The van der Waals surface area contributed by atoms with Gasteiger partial charge in [-0.2, -0.15) is 0 Å². The molecule has 1 aromatic carbocycles. The van der Waals surface area contributed by atoms with Gasteiger partial charge in [-0.3, -0.25) is 19.7 Å². The van der Waals surface area contributed by atoms with Crippen molar-refractivity contribution in [1.82, 2.24) is 0 Å². The van der Waals surface area contributed by atoms with E-state index in [9.17, 15) is 19.7 Å². The van der Waals surface area contributed by atoms with E-state index in [1.54, 1.807) is 13.0 Å². The summed E-state index contributed by atoms with van der Waals surface area (Å²) in [6.07, 6.45) is 4.28. The quantitative estimate of drug-likeness (QED) is 0.521. The predicted molar refractivity (Wildman–Crippen MR) is 86.5 cm³/mol. The summed E-state index contributed by atoms with van der Waals surface area (Å²) in [6, 6.07) is 4.65. The number of nitrogens with zero attached hydrogens (tertiary/aromatic N) is 1. The number of aryl methyl sites for hydroxylation is 1. The van der Waals surface area contributed by atoms with Gasteiger partial charge in [0.15, 0.2) is 0 Å². The molecule has 1 heterocycles. The molecule has 0 radical (unpaired) electrons. The Hall–Kier alpha value is -2.44. The van der Waals surface area contributed by atoms with Crippen molar-refractivity contribution in [1.29, 1.82) is 0 Å². The number of nitrogens with one attached hydrogen (secondary N) is 1. The summed E-state index contributed by atoms with van der Waals surface area (Å²) >= 11 is 0. The summed E-state index contributed by atoms with van der Waals surface area (Å²) in [4.78, 5) is 35.2. The fraction of sp³-hybridized carbons (Fsp3) is 0.529. The number of amides is 1. The Bertz CT molecular complexity index is 694. The predicted octanol–water partition coefficient (Wildman–Crippen LogP) is 3.11. The van der Waals surface area contributed by atoms with Gasteiger partial charge in [-0.1, -0.05) is 12.5 Å². The summed E-state index contributed by atoms with van der Waals surface area (Å²) in [5.74, 6) is -1.34. The van der Waals surface area contributed by atoms with E-state index in [-0.39, 0.29) is 29.7 Å². The Labute approximate surface area is 139 Å². The minimum absolute atomic E-state index is 0.0332. The number of nitro groups is 1. The average Bonchev–Trinajstić information content (AvgIpc) is 2.85. The highest BCUT2D eigenvalue weighted by Crippen LogP contribution is 2.44. The maximum atomic E-state index is 12.7. The zero-order chi connectivity index (χ0) is 17.3.